The van der Waals surface area contributed by atoms with E-state index in [4.69, 9.17) is 4.74 Å². The van der Waals surface area contributed by atoms with Crippen molar-refractivity contribution in [2.45, 2.75) is 63.1 Å². The van der Waals surface area contributed by atoms with Crippen LogP contribution in [-0.2, 0) is 4.74 Å². The first kappa shape index (κ1) is 12.1. The van der Waals surface area contributed by atoms with Gasteiger partial charge in [-0.3, -0.25) is 0 Å². The van der Waals surface area contributed by atoms with Crippen molar-refractivity contribution in [1.82, 2.24) is 0 Å². The predicted molar refractivity (Wildman–Crippen MR) is 65.3 cm³/mol. The van der Waals surface area contributed by atoms with Crippen LogP contribution in [0.4, 0.5) is 0 Å². The molecule has 2 fully saturated rings. The van der Waals surface area contributed by atoms with E-state index in [2.05, 4.69) is 6.58 Å². The Hall–Kier alpha value is -0.340. The summed E-state index contributed by atoms with van der Waals surface area (Å²) in [5.74, 6) is 0.421. The lowest BCUT2D eigenvalue weighted by Gasteiger charge is -2.44. The van der Waals surface area contributed by atoms with E-state index < -0.39 is 0 Å². The van der Waals surface area contributed by atoms with Crippen LogP contribution in [0.25, 0.3) is 0 Å². The molecular weight excluding hydrogens is 200 g/mol. The quantitative estimate of drug-likeness (QED) is 0.747. The minimum atomic E-state index is -0.208. The summed E-state index contributed by atoms with van der Waals surface area (Å²) >= 11 is 0. The Balaban J connectivity index is 1.94. The van der Waals surface area contributed by atoms with Crippen molar-refractivity contribution in [1.29, 1.82) is 0 Å². The third kappa shape index (κ3) is 2.67. The van der Waals surface area contributed by atoms with Crippen LogP contribution in [0.2, 0.25) is 0 Å². The van der Waals surface area contributed by atoms with Crippen LogP contribution in [0.5, 0.6) is 0 Å². The number of hydrogen-bond acceptors (Lipinski definition) is 2. The number of aliphatic hydroxyl groups is 1. The molecule has 2 unspecified atom stereocenters. The van der Waals surface area contributed by atoms with Crippen LogP contribution in [-0.4, -0.2) is 23.4 Å². The van der Waals surface area contributed by atoms with Crippen LogP contribution >= 0.6 is 0 Å². The highest BCUT2D eigenvalue weighted by molar-refractivity contribution is 4.92. The molecule has 92 valence electrons. The summed E-state index contributed by atoms with van der Waals surface area (Å²) in [6.45, 7) is 4.54. The molecule has 0 bridgehead atoms. The third-order valence-electron chi connectivity index (χ3n) is 4.25. The van der Waals surface area contributed by atoms with E-state index in [0.29, 0.717) is 5.92 Å². The van der Waals surface area contributed by atoms with Gasteiger partial charge in [-0.05, 0) is 38.0 Å². The van der Waals surface area contributed by atoms with Gasteiger partial charge in [-0.15, -0.1) is 6.58 Å². The second-order valence-corrected chi connectivity index (χ2v) is 5.44. The van der Waals surface area contributed by atoms with Crippen LogP contribution in [0.15, 0.2) is 12.7 Å². The fraction of sp³-hybridized carbons (Fsp3) is 0.857. The first-order valence-corrected chi connectivity index (χ1v) is 6.69. The van der Waals surface area contributed by atoms with Crippen molar-refractivity contribution in [3.8, 4) is 0 Å². The molecule has 16 heavy (non-hydrogen) atoms. The molecule has 1 saturated carbocycles. The summed E-state index contributed by atoms with van der Waals surface area (Å²) in [5.41, 5.74) is 0.114. The van der Waals surface area contributed by atoms with Gasteiger partial charge >= 0.3 is 0 Å². The summed E-state index contributed by atoms with van der Waals surface area (Å²) in [6.07, 6.45) is 10.8. The Labute approximate surface area is 98.7 Å². The second kappa shape index (κ2) is 5.33. The van der Waals surface area contributed by atoms with E-state index >= 15 is 0 Å². The zero-order chi connectivity index (χ0) is 11.4. The molecule has 2 aliphatic rings. The van der Waals surface area contributed by atoms with Crippen molar-refractivity contribution in [3.05, 3.63) is 12.7 Å². The second-order valence-electron chi connectivity index (χ2n) is 5.44. The van der Waals surface area contributed by atoms with Gasteiger partial charge in [-0.25, -0.2) is 0 Å². The van der Waals surface area contributed by atoms with E-state index in [9.17, 15) is 5.11 Å². The highest BCUT2D eigenvalue weighted by Crippen LogP contribution is 2.41. The Bertz CT molecular complexity index is 225. The van der Waals surface area contributed by atoms with Crippen molar-refractivity contribution in [2.75, 3.05) is 6.61 Å². The molecule has 1 N–H and O–H groups in total. The SMILES string of the molecule is C=CCC(O)C1CCOC2(CCCCC2)C1. The Morgan fingerprint density at radius 2 is 2.12 bits per heavy atom. The molecule has 0 radical (unpaired) electrons. The highest BCUT2D eigenvalue weighted by Gasteiger charge is 2.40. The molecule has 0 aromatic heterocycles. The molecule has 2 atom stereocenters. The molecule has 2 rings (SSSR count). The highest BCUT2D eigenvalue weighted by atomic mass is 16.5. The summed E-state index contributed by atoms with van der Waals surface area (Å²) in [4.78, 5) is 0. The number of aliphatic hydroxyl groups excluding tert-OH is 1. The molecule has 1 heterocycles. The van der Waals surface area contributed by atoms with E-state index in [1.807, 2.05) is 6.08 Å². The van der Waals surface area contributed by atoms with Crippen molar-refractivity contribution in [2.24, 2.45) is 5.92 Å². The maximum atomic E-state index is 10.1. The summed E-state index contributed by atoms with van der Waals surface area (Å²) in [6, 6.07) is 0. The van der Waals surface area contributed by atoms with Crippen molar-refractivity contribution < 1.29 is 9.84 Å². The van der Waals surface area contributed by atoms with Gasteiger partial charge < -0.3 is 9.84 Å². The number of rotatable bonds is 3. The lowest BCUT2D eigenvalue weighted by atomic mass is 9.74. The normalized spacial score (nSPS) is 31.2. The van der Waals surface area contributed by atoms with Gasteiger partial charge in [0, 0.05) is 6.61 Å². The van der Waals surface area contributed by atoms with Crippen molar-refractivity contribution in [3.63, 3.8) is 0 Å². The van der Waals surface area contributed by atoms with Crippen LogP contribution < -0.4 is 0 Å². The molecular formula is C14H24O2. The average Bonchev–Trinajstić information content (AvgIpc) is 2.30. The Kier molecular flexibility index (Phi) is 4.04. The minimum absolute atomic E-state index is 0.114. The van der Waals surface area contributed by atoms with Gasteiger partial charge in [0.2, 0.25) is 0 Å². The predicted octanol–water partition coefficient (Wildman–Crippen LogP) is 3.05. The smallest absolute Gasteiger partial charge is 0.0686 e. The monoisotopic (exact) mass is 224 g/mol. The standard InChI is InChI=1S/C14H24O2/c1-2-6-13(15)12-7-10-16-14(11-12)8-4-3-5-9-14/h2,12-13,15H,1,3-11H2. The zero-order valence-corrected chi connectivity index (χ0v) is 10.2. The maximum absolute atomic E-state index is 10.1. The van der Waals surface area contributed by atoms with Gasteiger partial charge in [-0.2, -0.15) is 0 Å². The maximum Gasteiger partial charge on any atom is 0.0686 e. The average molecular weight is 224 g/mol. The minimum Gasteiger partial charge on any atom is -0.393 e. The van der Waals surface area contributed by atoms with Gasteiger partial charge in [0.1, 0.15) is 0 Å². The molecule has 1 saturated heterocycles. The summed E-state index contributed by atoms with van der Waals surface area (Å²) in [5, 5.41) is 10.1. The molecule has 2 nitrogen and oxygen atoms in total. The largest absolute Gasteiger partial charge is 0.393 e. The topological polar surface area (TPSA) is 29.5 Å². The van der Waals surface area contributed by atoms with Crippen LogP contribution in [0.1, 0.15) is 51.4 Å². The lowest BCUT2D eigenvalue weighted by Crippen LogP contribution is -2.44. The number of ether oxygens (including phenoxy) is 1. The van der Waals surface area contributed by atoms with E-state index in [1.165, 1.54) is 32.1 Å². The fourth-order valence-electron chi connectivity index (χ4n) is 3.30. The molecule has 1 aliphatic heterocycles. The van der Waals surface area contributed by atoms with Gasteiger partial charge in [-0.1, -0.05) is 25.3 Å². The lowest BCUT2D eigenvalue weighted by molar-refractivity contribution is -0.133. The molecule has 0 aromatic carbocycles. The van der Waals surface area contributed by atoms with E-state index in [-0.39, 0.29) is 11.7 Å². The summed E-state index contributed by atoms with van der Waals surface area (Å²) < 4.78 is 6.03. The zero-order valence-electron chi connectivity index (χ0n) is 10.2. The van der Waals surface area contributed by atoms with Crippen LogP contribution in [0.3, 0.4) is 0 Å². The summed E-state index contributed by atoms with van der Waals surface area (Å²) in [7, 11) is 0. The van der Waals surface area contributed by atoms with E-state index in [0.717, 1.165) is 25.9 Å². The Morgan fingerprint density at radius 3 is 2.81 bits per heavy atom. The van der Waals surface area contributed by atoms with Gasteiger partial charge in [0.15, 0.2) is 0 Å². The third-order valence-corrected chi connectivity index (χ3v) is 4.25. The molecule has 1 spiro atoms. The first-order chi connectivity index (χ1) is 7.76. The van der Waals surface area contributed by atoms with Gasteiger partial charge in [0.05, 0.1) is 11.7 Å². The first-order valence-electron chi connectivity index (χ1n) is 6.69. The van der Waals surface area contributed by atoms with Crippen LogP contribution in [0, 0.1) is 5.92 Å². The molecule has 0 aromatic rings. The molecule has 1 aliphatic carbocycles. The molecule has 0 amide bonds. The fourth-order valence-corrected chi connectivity index (χ4v) is 3.30. The van der Waals surface area contributed by atoms with Crippen molar-refractivity contribution >= 4 is 0 Å². The Morgan fingerprint density at radius 1 is 1.38 bits per heavy atom. The molecule has 2 heteroatoms. The van der Waals surface area contributed by atoms with Gasteiger partial charge in [0.25, 0.3) is 0 Å². The number of hydrogen-bond donors (Lipinski definition) is 1. The van der Waals surface area contributed by atoms with E-state index in [1.54, 1.807) is 0 Å².